The Morgan fingerprint density at radius 3 is 1.45 bits per heavy atom. The monoisotopic (exact) mass is 810 g/mol. The number of esters is 1. The van der Waals surface area contributed by atoms with Crippen molar-refractivity contribution in [2.24, 2.45) is 0 Å². The lowest BCUT2D eigenvalue weighted by atomic mass is 10.0. The second-order valence-electron chi connectivity index (χ2n) is 16.1. The summed E-state index contributed by atoms with van der Waals surface area (Å²) in [5.74, 6) is -0.542. The van der Waals surface area contributed by atoms with Crippen molar-refractivity contribution in [3.63, 3.8) is 0 Å². The van der Waals surface area contributed by atoms with Gasteiger partial charge in [0.15, 0.2) is 0 Å². The van der Waals surface area contributed by atoms with Crippen molar-refractivity contribution in [2.75, 3.05) is 6.61 Å². The molecule has 3 unspecified atom stereocenters. The Labute approximate surface area is 358 Å². The lowest BCUT2D eigenvalue weighted by Crippen LogP contribution is -2.46. The number of carbonyl (C=O) groups is 2. The van der Waals surface area contributed by atoms with Gasteiger partial charge in [-0.3, -0.25) is 9.59 Å². The van der Waals surface area contributed by atoms with Crippen molar-refractivity contribution >= 4 is 11.9 Å². The Hall–Kier alpha value is -2.70. The van der Waals surface area contributed by atoms with E-state index in [-0.39, 0.29) is 24.9 Å². The maximum Gasteiger partial charge on any atom is 0.306 e. The van der Waals surface area contributed by atoms with Gasteiger partial charge >= 0.3 is 5.97 Å². The van der Waals surface area contributed by atoms with Crippen LogP contribution in [-0.4, -0.2) is 46.9 Å². The average Bonchev–Trinajstić information content (AvgIpc) is 3.22. The van der Waals surface area contributed by atoms with Crippen LogP contribution in [0.1, 0.15) is 220 Å². The summed E-state index contributed by atoms with van der Waals surface area (Å²) in [5, 5.41) is 23.7. The molecule has 1 amide bonds. The summed E-state index contributed by atoms with van der Waals surface area (Å²) in [7, 11) is 0. The number of nitrogens with one attached hydrogen (secondary N) is 1. The predicted octanol–water partition coefficient (Wildman–Crippen LogP) is 14.2. The van der Waals surface area contributed by atoms with E-state index in [0.717, 1.165) is 96.3 Å². The van der Waals surface area contributed by atoms with Gasteiger partial charge in [0.1, 0.15) is 6.10 Å². The third-order valence-electron chi connectivity index (χ3n) is 10.5. The molecule has 0 aromatic rings. The second kappa shape index (κ2) is 45.4. The standard InChI is InChI=1S/C52H91NO5/c1-4-7-10-13-16-19-22-24-26-29-31-34-37-40-43-48(58-52(57)45-42-39-36-33-30-27-25-23-20-17-14-11-8-5-2)46-51(56)53-49(47-54)50(55)44-41-38-35-32-28-21-18-15-12-9-6-3/h7-8,10-11,16-17,19-20,24,26,31,34,48-50,54-55H,4-6,9,12-15,18,21-23,25,27-30,32-33,35-47H2,1-3H3,(H,53,56)/b10-7+,11-8+,19-16+,20-17+,26-24+,34-31+. The van der Waals surface area contributed by atoms with Crippen LogP contribution in [0.15, 0.2) is 72.9 Å². The summed E-state index contributed by atoms with van der Waals surface area (Å²) in [5.41, 5.74) is 0. The minimum atomic E-state index is -0.804. The molecule has 0 spiro atoms. The van der Waals surface area contributed by atoms with Crippen LogP contribution in [0.3, 0.4) is 0 Å². The number of carbonyl (C=O) groups excluding carboxylic acids is 2. The maximum atomic E-state index is 13.2. The molecule has 0 aliphatic heterocycles. The average molecular weight is 810 g/mol. The third-order valence-corrected chi connectivity index (χ3v) is 10.5. The van der Waals surface area contributed by atoms with Gasteiger partial charge in [-0.1, -0.05) is 196 Å². The van der Waals surface area contributed by atoms with Gasteiger partial charge in [-0.15, -0.1) is 0 Å². The molecule has 0 aliphatic rings. The van der Waals surface area contributed by atoms with Crippen LogP contribution < -0.4 is 5.32 Å². The number of aliphatic hydroxyl groups is 2. The van der Waals surface area contributed by atoms with Crippen LogP contribution >= 0.6 is 0 Å². The zero-order valence-corrected chi connectivity index (χ0v) is 37.9. The van der Waals surface area contributed by atoms with Gasteiger partial charge in [0.05, 0.1) is 25.2 Å². The Morgan fingerprint density at radius 2 is 0.948 bits per heavy atom. The Balaban J connectivity index is 4.70. The van der Waals surface area contributed by atoms with Crippen molar-refractivity contribution in [1.82, 2.24) is 5.32 Å². The molecule has 58 heavy (non-hydrogen) atoms. The van der Waals surface area contributed by atoms with E-state index in [4.69, 9.17) is 4.74 Å². The minimum Gasteiger partial charge on any atom is -0.462 e. The molecule has 0 aromatic heterocycles. The molecular formula is C52H91NO5. The third kappa shape index (κ3) is 40.1. The first-order valence-corrected chi connectivity index (χ1v) is 24.2. The van der Waals surface area contributed by atoms with Crippen molar-refractivity contribution in [2.45, 2.75) is 238 Å². The highest BCUT2D eigenvalue weighted by Crippen LogP contribution is 2.16. The van der Waals surface area contributed by atoms with E-state index in [2.05, 4.69) is 99.0 Å². The fourth-order valence-electron chi connectivity index (χ4n) is 6.93. The predicted molar refractivity (Wildman–Crippen MR) is 250 cm³/mol. The van der Waals surface area contributed by atoms with Crippen molar-refractivity contribution < 1.29 is 24.5 Å². The van der Waals surface area contributed by atoms with Gasteiger partial charge in [0, 0.05) is 6.42 Å². The molecule has 0 saturated carbocycles. The largest absolute Gasteiger partial charge is 0.462 e. The molecule has 0 fully saturated rings. The summed E-state index contributed by atoms with van der Waals surface area (Å²) >= 11 is 0. The Bertz CT molecular complexity index is 1090. The maximum absolute atomic E-state index is 13.2. The molecule has 6 nitrogen and oxygen atoms in total. The van der Waals surface area contributed by atoms with Crippen LogP contribution in [0.25, 0.3) is 0 Å². The summed E-state index contributed by atoms with van der Waals surface area (Å²) in [4.78, 5) is 26.0. The van der Waals surface area contributed by atoms with E-state index in [0.29, 0.717) is 19.3 Å². The summed E-state index contributed by atoms with van der Waals surface area (Å²) in [6.07, 6.45) is 56.8. The summed E-state index contributed by atoms with van der Waals surface area (Å²) in [6, 6.07) is -0.721. The first-order valence-electron chi connectivity index (χ1n) is 24.2. The van der Waals surface area contributed by atoms with Gasteiger partial charge in [0.25, 0.3) is 0 Å². The molecule has 0 aromatic carbocycles. The quantitative estimate of drug-likeness (QED) is 0.0324. The number of hydrogen-bond acceptors (Lipinski definition) is 5. The molecule has 0 rings (SSSR count). The number of allylic oxidation sites excluding steroid dienone is 12. The molecule has 0 aliphatic carbocycles. The minimum absolute atomic E-state index is 0.0340. The number of ether oxygens (including phenoxy) is 1. The van der Waals surface area contributed by atoms with Crippen LogP contribution in [-0.2, 0) is 14.3 Å². The van der Waals surface area contributed by atoms with Crippen molar-refractivity contribution in [3.05, 3.63) is 72.9 Å². The number of aliphatic hydroxyl groups excluding tert-OH is 2. The second-order valence-corrected chi connectivity index (χ2v) is 16.1. The molecule has 0 heterocycles. The van der Waals surface area contributed by atoms with Crippen LogP contribution in [0.5, 0.6) is 0 Å². The highest BCUT2D eigenvalue weighted by molar-refractivity contribution is 5.77. The van der Waals surface area contributed by atoms with E-state index in [1.807, 2.05) is 0 Å². The van der Waals surface area contributed by atoms with Crippen molar-refractivity contribution in [1.29, 1.82) is 0 Å². The van der Waals surface area contributed by atoms with Gasteiger partial charge in [-0.05, 0) is 83.5 Å². The lowest BCUT2D eigenvalue weighted by Gasteiger charge is -2.24. The number of rotatable bonds is 42. The first-order chi connectivity index (χ1) is 28.5. The van der Waals surface area contributed by atoms with Gasteiger partial charge < -0.3 is 20.3 Å². The van der Waals surface area contributed by atoms with Crippen molar-refractivity contribution in [3.8, 4) is 0 Å². The van der Waals surface area contributed by atoms with E-state index in [1.54, 1.807) is 0 Å². The highest BCUT2D eigenvalue weighted by atomic mass is 16.5. The van der Waals surface area contributed by atoms with Gasteiger partial charge in [-0.2, -0.15) is 0 Å². The molecule has 3 atom stereocenters. The van der Waals surface area contributed by atoms with Crippen LogP contribution in [0, 0.1) is 0 Å². The fraction of sp³-hybridized carbons (Fsp3) is 0.731. The normalized spacial score (nSPS) is 13.9. The smallest absolute Gasteiger partial charge is 0.306 e. The van der Waals surface area contributed by atoms with Gasteiger partial charge in [-0.25, -0.2) is 0 Å². The van der Waals surface area contributed by atoms with Gasteiger partial charge in [0.2, 0.25) is 5.91 Å². The number of hydrogen-bond donors (Lipinski definition) is 3. The molecule has 0 bridgehead atoms. The number of unbranched alkanes of at least 4 members (excludes halogenated alkanes) is 18. The highest BCUT2D eigenvalue weighted by Gasteiger charge is 2.24. The van der Waals surface area contributed by atoms with Crippen LogP contribution in [0.2, 0.25) is 0 Å². The molecule has 0 radical (unpaired) electrons. The first kappa shape index (κ1) is 55.3. The van der Waals surface area contributed by atoms with E-state index in [9.17, 15) is 19.8 Å². The SMILES string of the molecule is CC/C=C/C/C=C/C/C=C/C/C=C/CCCC(CC(=O)NC(CO)C(O)CCCCCCCCCCCCC)OC(=O)CCCCCCCCC/C=C/C/C=C/CC. The molecule has 0 saturated heterocycles. The Morgan fingerprint density at radius 1 is 0.517 bits per heavy atom. The molecule has 334 valence electrons. The van der Waals surface area contributed by atoms with E-state index < -0.39 is 18.2 Å². The topological polar surface area (TPSA) is 95.9 Å². The molecule has 3 N–H and O–H groups in total. The zero-order valence-electron chi connectivity index (χ0n) is 37.9. The zero-order chi connectivity index (χ0) is 42.4. The fourth-order valence-corrected chi connectivity index (χ4v) is 6.93. The lowest BCUT2D eigenvalue weighted by molar-refractivity contribution is -0.151. The van der Waals surface area contributed by atoms with E-state index in [1.165, 1.54) is 77.0 Å². The van der Waals surface area contributed by atoms with Crippen LogP contribution in [0.4, 0.5) is 0 Å². The molecular weight excluding hydrogens is 719 g/mol. The molecule has 6 heteroatoms. The number of amides is 1. The Kier molecular flexibility index (Phi) is 43.3. The summed E-state index contributed by atoms with van der Waals surface area (Å²) < 4.78 is 5.89. The summed E-state index contributed by atoms with van der Waals surface area (Å²) in [6.45, 7) is 6.23. The van der Waals surface area contributed by atoms with E-state index >= 15 is 0 Å².